The predicted molar refractivity (Wildman–Crippen MR) is 97.4 cm³/mol. The van der Waals surface area contributed by atoms with Gasteiger partial charge in [-0.3, -0.25) is 0 Å². The fraction of sp³-hybridized carbons (Fsp3) is 0.636. The normalized spacial score (nSPS) is 20.7. The van der Waals surface area contributed by atoms with Crippen molar-refractivity contribution in [3.05, 3.63) is 40.5 Å². The zero-order valence-electron chi connectivity index (χ0n) is 14.2. The molecule has 0 aliphatic heterocycles. The van der Waals surface area contributed by atoms with E-state index in [4.69, 9.17) is 0 Å². The maximum absolute atomic E-state index is 2.44. The average molecular weight is 296 g/mol. The van der Waals surface area contributed by atoms with Gasteiger partial charge in [0.15, 0.2) is 0 Å². The summed E-state index contributed by atoms with van der Waals surface area (Å²) in [6.07, 6.45) is 24.3. The molecule has 0 heterocycles. The van der Waals surface area contributed by atoms with E-state index in [1.165, 1.54) is 83.5 Å². The van der Waals surface area contributed by atoms with E-state index in [-0.39, 0.29) is 0 Å². The van der Waals surface area contributed by atoms with Crippen molar-refractivity contribution < 1.29 is 0 Å². The van der Waals surface area contributed by atoms with Crippen LogP contribution in [-0.2, 0) is 19.3 Å². The Bertz CT molecular complexity index is 495. The molecule has 0 saturated carbocycles. The lowest BCUT2D eigenvalue weighted by Crippen LogP contribution is -2.00. The first-order valence-corrected chi connectivity index (χ1v) is 9.75. The van der Waals surface area contributed by atoms with Gasteiger partial charge in [0.2, 0.25) is 0 Å². The van der Waals surface area contributed by atoms with Gasteiger partial charge in [-0.2, -0.15) is 0 Å². The van der Waals surface area contributed by atoms with Gasteiger partial charge in [0.05, 0.1) is 0 Å². The molecule has 0 fully saturated rings. The van der Waals surface area contributed by atoms with E-state index in [2.05, 4.69) is 24.3 Å². The fourth-order valence-electron chi connectivity index (χ4n) is 4.19. The van der Waals surface area contributed by atoms with Gasteiger partial charge < -0.3 is 0 Å². The molecule has 0 spiro atoms. The average Bonchev–Trinajstić information content (AvgIpc) is 3.00. The Morgan fingerprint density at radius 2 is 1.09 bits per heavy atom. The summed E-state index contributed by atoms with van der Waals surface area (Å²) in [4.78, 5) is 0. The van der Waals surface area contributed by atoms with E-state index in [9.17, 15) is 0 Å². The van der Waals surface area contributed by atoms with Crippen LogP contribution in [0, 0.1) is 0 Å². The molecule has 1 aromatic rings. The minimum absolute atomic E-state index is 1.16. The van der Waals surface area contributed by atoms with Crippen molar-refractivity contribution in [2.24, 2.45) is 0 Å². The number of rotatable bonds is 0. The lowest BCUT2D eigenvalue weighted by atomic mass is 9.91. The first-order valence-electron chi connectivity index (χ1n) is 9.75. The molecule has 0 N–H and O–H groups in total. The lowest BCUT2D eigenvalue weighted by molar-refractivity contribution is 0.549. The largest absolute Gasteiger partial charge is 0.0795 e. The molecule has 0 atom stereocenters. The number of benzene rings is 1. The highest BCUT2D eigenvalue weighted by molar-refractivity contribution is 5.65. The molecule has 3 rings (SSSR count). The predicted octanol–water partition coefficient (Wildman–Crippen LogP) is 6.65. The third-order valence-electron chi connectivity index (χ3n) is 5.54. The maximum atomic E-state index is 2.44. The van der Waals surface area contributed by atoms with E-state index in [0.29, 0.717) is 0 Å². The quantitative estimate of drug-likeness (QED) is 0.503. The van der Waals surface area contributed by atoms with Crippen LogP contribution < -0.4 is 0 Å². The fourth-order valence-corrected chi connectivity index (χ4v) is 4.19. The van der Waals surface area contributed by atoms with E-state index in [1.54, 1.807) is 22.3 Å². The lowest BCUT2D eigenvalue weighted by Gasteiger charge is -2.14. The van der Waals surface area contributed by atoms with Crippen LogP contribution in [0.4, 0.5) is 0 Å². The molecule has 1 aromatic carbocycles. The van der Waals surface area contributed by atoms with Crippen LogP contribution >= 0.6 is 0 Å². The molecular formula is C22H32. The summed E-state index contributed by atoms with van der Waals surface area (Å²) in [5.41, 5.74) is 6.50. The second kappa shape index (κ2) is 8.56. The highest BCUT2D eigenvalue weighted by atomic mass is 14.2. The number of fused-ring (bicyclic) bond motifs is 3. The third-order valence-corrected chi connectivity index (χ3v) is 5.54. The topological polar surface area (TPSA) is 0 Å². The minimum atomic E-state index is 1.16. The van der Waals surface area contributed by atoms with Gasteiger partial charge in [0, 0.05) is 0 Å². The molecule has 120 valence electrons. The maximum Gasteiger partial charge on any atom is -0.00881 e. The van der Waals surface area contributed by atoms with Crippen LogP contribution in [-0.4, -0.2) is 0 Å². The summed E-state index contributed by atoms with van der Waals surface area (Å²) in [7, 11) is 0. The Morgan fingerprint density at radius 3 is 1.77 bits per heavy atom. The Morgan fingerprint density at radius 1 is 0.545 bits per heavy atom. The number of allylic oxidation sites excluding steroid dienone is 1. The van der Waals surface area contributed by atoms with Crippen molar-refractivity contribution in [2.75, 3.05) is 0 Å². The molecule has 0 amide bonds. The summed E-state index contributed by atoms with van der Waals surface area (Å²) in [5, 5.41) is 0. The van der Waals surface area contributed by atoms with Crippen LogP contribution in [0.2, 0.25) is 0 Å². The second-order valence-corrected chi connectivity index (χ2v) is 7.27. The number of hydrogen-bond donors (Lipinski definition) is 0. The second-order valence-electron chi connectivity index (χ2n) is 7.27. The Kier molecular flexibility index (Phi) is 6.16. The summed E-state index contributed by atoms with van der Waals surface area (Å²) in [5.74, 6) is 0. The van der Waals surface area contributed by atoms with Crippen LogP contribution in [0.25, 0.3) is 6.08 Å². The van der Waals surface area contributed by atoms with Gasteiger partial charge in [-0.1, -0.05) is 82.1 Å². The highest BCUT2D eigenvalue weighted by Crippen LogP contribution is 2.29. The smallest absolute Gasteiger partial charge is 0.00881 e. The molecule has 0 nitrogen and oxygen atoms in total. The van der Waals surface area contributed by atoms with Crippen molar-refractivity contribution in [3.8, 4) is 0 Å². The number of aryl methyl sites for hydroxylation is 1. The first-order chi connectivity index (χ1) is 10.9. The van der Waals surface area contributed by atoms with Crippen molar-refractivity contribution >= 4 is 6.08 Å². The zero-order valence-corrected chi connectivity index (χ0v) is 14.2. The van der Waals surface area contributed by atoms with Crippen LogP contribution in [0.3, 0.4) is 0 Å². The Labute approximate surface area is 137 Å². The van der Waals surface area contributed by atoms with Gasteiger partial charge in [0.1, 0.15) is 0 Å². The van der Waals surface area contributed by atoms with E-state index in [0.717, 1.165) is 6.42 Å². The van der Waals surface area contributed by atoms with Gasteiger partial charge in [-0.25, -0.2) is 0 Å². The van der Waals surface area contributed by atoms with Gasteiger partial charge in [0.25, 0.3) is 0 Å². The summed E-state index contributed by atoms with van der Waals surface area (Å²) in [6, 6.07) is 4.83. The van der Waals surface area contributed by atoms with Crippen molar-refractivity contribution in [1.82, 2.24) is 0 Å². The Balaban J connectivity index is 1.70. The molecule has 0 aromatic heterocycles. The standard InChI is InChI=1S/C22H32/c1-2-4-6-8-10-13-19-17-18-20-14-12-16-22(20)21(19)15-11-9-7-5-3-1/h12,16-18H,1-11,13-15H2. The molecule has 2 aliphatic carbocycles. The van der Waals surface area contributed by atoms with Crippen molar-refractivity contribution in [3.63, 3.8) is 0 Å². The van der Waals surface area contributed by atoms with Crippen molar-refractivity contribution in [1.29, 1.82) is 0 Å². The van der Waals surface area contributed by atoms with Crippen LogP contribution in [0.5, 0.6) is 0 Å². The molecular weight excluding hydrogens is 264 g/mol. The molecule has 0 radical (unpaired) electrons. The van der Waals surface area contributed by atoms with Gasteiger partial charge >= 0.3 is 0 Å². The molecule has 0 bridgehead atoms. The zero-order chi connectivity index (χ0) is 15.0. The van der Waals surface area contributed by atoms with Gasteiger partial charge in [-0.05, 0) is 54.4 Å². The van der Waals surface area contributed by atoms with Crippen LogP contribution in [0.15, 0.2) is 18.2 Å². The molecule has 2 aliphatic rings. The summed E-state index contributed by atoms with van der Waals surface area (Å²) in [6.45, 7) is 0. The molecule has 0 heteroatoms. The summed E-state index contributed by atoms with van der Waals surface area (Å²) < 4.78 is 0. The number of hydrogen-bond acceptors (Lipinski definition) is 0. The van der Waals surface area contributed by atoms with E-state index >= 15 is 0 Å². The first kappa shape index (κ1) is 15.8. The van der Waals surface area contributed by atoms with Crippen molar-refractivity contribution in [2.45, 2.75) is 89.9 Å². The van der Waals surface area contributed by atoms with Crippen LogP contribution in [0.1, 0.15) is 92.9 Å². The van der Waals surface area contributed by atoms with E-state index < -0.39 is 0 Å². The molecule has 0 saturated heterocycles. The monoisotopic (exact) mass is 296 g/mol. The summed E-state index contributed by atoms with van der Waals surface area (Å²) >= 11 is 0. The minimum Gasteiger partial charge on any atom is -0.0795 e. The van der Waals surface area contributed by atoms with Gasteiger partial charge in [-0.15, -0.1) is 0 Å². The molecule has 22 heavy (non-hydrogen) atoms. The van der Waals surface area contributed by atoms with E-state index in [1.807, 2.05) is 0 Å². The third kappa shape index (κ3) is 4.24. The SMILES string of the molecule is C1=Cc2c(ccc3c2CCCCCCCCCCCCC3)C1. The Hall–Kier alpha value is -1.04. The molecule has 0 unspecified atom stereocenters. The highest BCUT2D eigenvalue weighted by Gasteiger charge is 2.13.